The number of amides is 1. The van der Waals surface area contributed by atoms with Gasteiger partial charge in [0.05, 0.1) is 5.52 Å². The van der Waals surface area contributed by atoms with Crippen LogP contribution in [0, 0.1) is 12.8 Å². The third-order valence-electron chi connectivity index (χ3n) is 3.92. The van der Waals surface area contributed by atoms with Crippen molar-refractivity contribution in [2.24, 2.45) is 5.92 Å². The zero-order valence-electron chi connectivity index (χ0n) is 12.5. The van der Waals surface area contributed by atoms with Crippen LogP contribution in [0.1, 0.15) is 41.9 Å². The maximum absolute atomic E-state index is 12.2. The first kappa shape index (κ1) is 13.2. The maximum atomic E-state index is 12.2. The van der Waals surface area contributed by atoms with Gasteiger partial charge in [0.2, 0.25) is 0 Å². The van der Waals surface area contributed by atoms with E-state index >= 15 is 0 Å². The van der Waals surface area contributed by atoms with Gasteiger partial charge in [0, 0.05) is 18.5 Å². The molecule has 1 aromatic heterocycles. The van der Waals surface area contributed by atoms with E-state index in [4.69, 9.17) is 0 Å². The van der Waals surface area contributed by atoms with Crippen LogP contribution in [-0.4, -0.2) is 17.0 Å². The van der Waals surface area contributed by atoms with Gasteiger partial charge in [0.1, 0.15) is 5.69 Å². The molecular formula is C17H22N2O. The van der Waals surface area contributed by atoms with E-state index in [1.54, 1.807) is 0 Å². The van der Waals surface area contributed by atoms with Crippen molar-refractivity contribution in [3.8, 4) is 0 Å². The minimum Gasteiger partial charge on any atom is -0.351 e. The lowest BCUT2D eigenvalue weighted by Gasteiger charge is -2.12. The van der Waals surface area contributed by atoms with Gasteiger partial charge in [-0.3, -0.25) is 4.79 Å². The summed E-state index contributed by atoms with van der Waals surface area (Å²) in [6.07, 6.45) is 2.06. The molecule has 0 saturated heterocycles. The minimum absolute atomic E-state index is 0.0619. The fraction of sp³-hybridized carbons (Fsp3) is 0.471. The highest BCUT2D eigenvalue weighted by molar-refractivity contribution is 6.00. The Balaban J connectivity index is 2.26. The second-order valence-electron chi connectivity index (χ2n) is 6.25. The Morgan fingerprint density at radius 3 is 2.85 bits per heavy atom. The summed E-state index contributed by atoms with van der Waals surface area (Å²) in [6, 6.07) is 6.51. The molecule has 0 fully saturated rings. The predicted octanol–water partition coefficient (Wildman–Crippen LogP) is 3.28. The monoisotopic (exact) mass is 270 g/mol. The van der Waals surface area contributed by atoms with Crippen LogP contribution in [0.3, 0.4) is 0 Å². The summed E-state index contributed by atoms with van der Waals surface area (Å²) in [6.45, 7) is 8.31. The SMILES string of the molecule is Cc1cc(CC(C)C)c2c(c1)cc1n2CCCNC1=O. The molecule has 0 radical (unpaired) electrons. The number of hydrogen-bond acceptors (Lipinski definition) is 1. The Morgan fingerprint density at radius 2 is 2.10 bits per heavy atom. The van der Waals surface area contributed by atoms with E-state index in [0.717, 1.165) is 31.6 Å². The number of aromatic nitrogens is 1. The number of benzene rings is 1. The van der Waals surface area contributed by atoms with Crippen molar-refractivity contribution >= 4 is 16.8 Å². The van der Waals surface area contributed by atoms with E-state index < -0.39 is 0 Å². The molecule has 106 valence electrons. The second kappa shape index (κ2) is 4.97. The van der Waals surface area contributed by atoms with Crippen molar-refractivity contribution in [3.63, 3.8) is 0 Å². The molecule has 2 aromatic rings. The van der Waals surface area contributed by atoms with Crippen LogP contribution < -0.4 is 5.32 Å². The van der Waals surface area contributed by atoms with E-state index in [2.05, 4.69) is 42.8 Å². The third kappa shape index (κ3) is 2.21. The second-order valence-corrected chi connectivity index (χ2v) is 6.25. The van der Waals surface area contributed by atoms with Crippen molar-refractivity contribution in [3.05, 3.63) is 35.0 Å². The van der Waals surface area contributed by atoms with Gasteiger partial charge in [-0.1, -0.05) is 25.5 Å². The van der Waals surface area contributed by atoms with Crippen LogP contribution in [-0.2, 0) is 13.0 Å². The van der Waals surface area contributed by atoms with Gasteiger partial charge in [-0.15, -0.1) is 0 Å². The predicted molar refractivity (Wildman–Crippen MR) is 82.2 cm³/mol. The molecule has 0 atom stereocenters. The Hall–Kier alpha value is -1.77. The van der Waals surface area contributed by atoms with Gasteiger partial charge >= 0.3 is 0 Å². The largest absolute Gasteiger partial charge is 0.351 e. The third-order valence-corrected chi connectivity index (χ3v) is 3.92. The quantitative estimate of drug-likeness (QED) is 0.892. The number of aryl methyl sites for hydroxylation is 2. The van der Waals surface area contributed by atoms with Crippen LogP contribution in [0.2, 0.25) is 0 Å². The topological polar surface area (TPSA) is 34.0 Å². The molecule has 1 amide bonds. The van der Waals surface area contributed by atoms with Crippen molar-refractivity contribution < 1.29 is 4.79 Å². The molecule has 0 unspecified atom stereocenters. The molecular weight excluding hydrogens is 248 g/mol. The van der Waals surface area contributed by atoms with E-state index in [0.29, 0.717) is 5.92 Å². The number of carbonyl (C=O) groups excluding carboxylic acids is 1. The Labute approximate surface area is 120 Å². The van der Waals surface area contributed by atoms with Gasteiger partial charge < -0.3 is 9.88 Å². The highest BCUT2D eigenvalue weighted by atomic mass is 16.1. The molecule has 3 rings (SSSR count). The summed E-state index contributed by atoms with van der Waals surface area (Å²) in [5.41, 5.74) is 4.72. The first-order valence-corrected chi connectivity index (χ1v) is 7.47. The minimum atomic E-state index is 0.0619. The number of fused-ring (bicyclic) bond motifs is 3. The van der Waals surface area contributed by atoms with Crippen LogP contribution in [0.25, 0.3) is 10.9 Å². The molecule has 0 aliphatic carbocycles. The van der Waals surface area contributed by atoms with Gasteiger partial charge in [0.25, 0.3) is 5.91 Å². The highest BCUT2D eigenvalue weighted by Crippen LogP contribution is 2.28. The lowest BCUT2D eigenvalue weighted by molar-refractivity contribution is 0.0951. The maximum Gasteiger partial charge on any atom is 0.267 e. The van der Waals surface area contributed by atoms with Crippen molar-refractivity contribution in [2.75, 3.05) is 6.54 Å². The fourth-order valence-electron chi connectivity index (χ4n) is 3.21. The number of carbonyl (C=O) groups is 1. The smallest absolute Gasteiger partial charge is 0.267 e. The van der Waals surface area contributed by atoms with Gasteiger partial charge in [-0.05, 0) is 43.4 Å². The van der Waals surface area contributed by atoms with Crippen LogP contribution >= 0.6 is 0 Å². The molecule has 2 heterocycles. The zero-order valence-corrected chi connectivity index (χ0v) is 12.5. The first-order chi connectivity index (χ1) is 9.56. The molecule has 1 aliphatic rings. The molecule has 3 heteroatoms. The van der Waals surface area contributed by atoms with Crippen LogP contribution in [0.15, 0.2) is 18.2 Å². The molecule has 3 nitrogen and oxygen atoms in total. The lowest BCUT2D eigenvalue weighted by Crippen LogP contribution is -2.22. The average molecular weight is 270 g/mol. The zero-order chi connectivity index (χ0) is 14.3. The standard InChI is InChI=1S/C17H22N2O/c1-11(2)7-13-8-12(3)9-14-10-15-17(20)18-5-4-6-19(15)16(13)14/h8-11H,4-7H2,1-3H3,(H,18,20). The summed E-state index contributed by atoms with van der Waals surface area (Å²) in [7, 11) is 0. The van der Waals surface area contributed by atoms with Crippen molar-refractivity contribution in [1.29, 1.82) is 0 Å². The van der Waals surface area contributed by atoms with Crippen molar-refractivity contribution in [1.82, 2.24) is 9.88 Å². The summed E-state index contributed by atoms with van der Waals surface area (Å²) in [5.74, 6) is 0.678. The van der Waals surface area contributed by atoms with Crippen LogP contribution in [0.5, 0.6) is 0 Å². The fourth-order valence-corrected chi connectivity index (χ4v) is 3.21. The summed E-state index contributed by atoms with van der Waals surface area (Å²) in [5, 5.41) is 4.18. The molecule has 1 aromatic carbocycles. The highest BCUT2D eigenvalue weighted by Gasteiger charge is 2.20. The Kier molecular flexibility index (Phi) is 3.28. The lowest BCUT2D eigenvalue weighted by atomic mass is 9.98. The molecule has 0 saturated carbocycles. The Morgan fingerprint density at radius 1 is 1.30 bits per heavy atom. The first-order valence-electron chi connectivity index (χ1n) is 7.47. The van der Waals surface area contributed by atoms with E-state index in [1.165, 1.54) is 22.0 Å². The summed E-state index contributed by atoms with van der Waals surface area (Å²) in [4.78, 5) is 12.2. The van der Waals surface area contributed by atoms with E-state index in [9.17, 15) is 4.79 Å². The summed E-state index contributed by atoms with van der Waals surface area (Å²) >= 11 is 0. The average Bonchev–Trinajstić information content (AvgIpc) is 2.63. The van der Waals surface area contributed by atoms with Crippen LogP contribution in [0.4, 0.5) is 0 Å². The number of nitrogens with zero attached hydrogens (tertiary/aromatic N) is 1. The van der Waals surface area contributed by atoms with Gasteiger partial charge in [-0.2, -0.15) is 0 Å². The number of nitrogens with one attached hydrogen (secondary N) is 1. The number of hydrogen-bond donors (Lipinski definition) is 1. The number of rotatable bonds is 2. The molecule has 0 spiro atoms. The molecule has 0 bridgehead atoms. The van der Waals surface area contributed by atoms with Crippen molar-refractivity contribution in [2.45, 2.75) is 40.2 Å². The molecule has 1 N–H and O–H groups in total. The molecule has 20 heavy (non-hydrogen) atoms. The molecule has 1 aliphatic heterocycles. The van der Waals surface area contributed by atoms with E-state index in [1.807, 2.05) is 6.07 Å². The van der Waals surface area contributed by atoms with Gasteiger partial charge in [0.15, 0.2) is 0 Å². The normalized spacial score (nSPS) is 15.3. The van der Waals surface area contributed by atoms with Gasteiger partial charge in [-0.25, -0.2) is 0 Å². The Bertz CT molecular complexity index is 667. The van der Waals surface area contributed by atoms with E-state index in [-0.39, 0.29) is 5.91 Å². The summed E-state index contributed by atoms with van der Waals surface area (Å²) < 4.78 is 2.22.